The van der Waals surface area contributed by atoms with Crippen molar-refractivity contribution in [2.75, 3.05) is 6.54 Å². The summed E-state index contributed by atoms with van der Waals surface area (Å²) in [4.78, 5) is 44.9. The van der Waals surface area contributed by atoms with Gasteiger partial charge in [0.2, 0.25) is 5.91 Å². The van der Waals surface area contributed by atoms with Gasteiger partial charge in [-0.3, -0.25) is 9.78 Å². The molecular formula is C32H43N5O7. The molecule has 3 atom stereocenters. The van der Waals surface area contributed by atoms with Crippen molar-refractivity contribution in [3.05, 3.63) is 90.1 Å². The zero-order chi connectivity index (χ0) is 32.3. The summed E-state index contributed by atoms with van der Waals surface area (Å²) in [5, 5.41) is 15.9. The van der Waals surface area contributed by atoms with E-state index in [0.29, 0.717) is 17.1 Å². The third-order valence-electron chi connectivity index (χ3n) is 6.48. The van der Waals surface area contributed by atoms with Gasteiger partial charge in [0.15, 0.2) is 6.17 Å². The SMILES string of the molecule is CC(C)C(N)C(=O)NC(c1ccco1)N(C[C@@H](O)CCc1ccccc1)N(C(=O)OCc1ccccn1)C(=O)OC(C)(C)C. The van der Waals surface area contributed by atoms with E-state index in [1.165, 1.54) is 11.3 Å². The Morgan fingerprint density at radius 2 is 1.73 bits per heavy atom. The normalized spacial score (nSPS) is 13.7. The van der Waals surface area contributed by atoms with Crippen LogP contribution in [0.5, 0.6) is 0 Å². The lowest BCUT2D eigenvalue weighted by Crippen LogP contribution is -2.59. The van der Waals surface area contributed by atoms with Crippen molar-refractivity contribution in [2.45, 2.75) is 78.0 Å². The van der Waals surface area contributed by atoms with Gasteiger partial charge in [-0.1, -0.05) is 50.2 Å². The number of nitrogens with two attached hydrogens (primary N) is 1. The van der Waals surface area contributed by atoms with Crippen LogP contribution in [-0.2, 0) is 27.3 Å². The fraction of sp³-hybridized carbons (Fsp3) is 0.438. The van der Waals surface area contributed by atoms with Crippen LogP contribution in [0.3, 0.4) is 0 Å². The smallest absolute Gasteiger partial charge is 0.435 e. The zero-order valence-corrected chi connectivity index (χ0v) is 25.9. The van der Waals surface area contributed by atoms with Crippen molar-refractivity contribution in [3.8, 4) is 0 Å². The molecule has 0 saturated heterocycles. The molecule has 3 rings (SSSR count). The third kappa shape index (κ3) is 10.5. The lowest BCUT2D eigenvalue weighted by molar-refractivity contribution is -0.132. The molecule has 3 aromatic rings. The first-order valence-corrected chi connectivity index (χ1v) is 14.5. The van der Waals surface area contributed by atoms with Crippen LogP contribution in [-0.4, -0.2) is 62.5 Å². The molecule has 4 N–H and O–H groups in total. The van der Waals surface area contributed by atoms with Crippen LogP contribution in [0, 0.1) is 5.92 Å². The number of aliphatic hydroxyl groups is 1. The van der Waals surface area contributed by atoms with Crippen LogP contribution < -0.4 is 11.1 Å². The highest BCUT2D eigenvalue weighted by molar-refractivity contribution is 5.87. The van der Waals surface area contributed by atoms with Gasteiger partial charge in [-0.25, -0.2) is 9.59 Å². The fourth-order valence-corrected chi connectivity index (χ4v) is 4.13. The molecule has 0 fully saturated rings. The van der Waals surface area contributed by atoms with Crippen molar-refractivity contribution in [1.29, 1.82) is 0 Å². The Morgan fingerprint density at radius 3 is 2.32 bits per heavy atom. The average Bonchev–Trinajstić information content (AvgIpc) is 3.52. The minimum atomic E-state index is -1.26. The highest BCUT2D eigenvalue weighted by Crippen LogP contribution is 2.25. The Balaban J connectivity index is 2.03. The summed E-state index contributed by atoms with van der Waals surface area (Å²) < 4.78 is 16.8. The summed E-state index contributed by atoms with van der Waals surface area (Å²) in [6, 6.07) is 16.9. The Morgan fingerprint density at radius 1 is 1.02 bits per heavy atom. The minimum Gasteiger partial charge on any atom is -0.466 e. The summed E-state index contributed by atoms with van der Waals surface area (Å²) in [7, 11) is 0. The van der Waals surface area contributed by atoms with Gasteiger partial charge in [0.25, 0.3) is 0 Å². The van der Waals surface area contributed by atoms with E-state index < -0.39 is 42.0 Å². The number of furan rings is 1. The van der Waals surface area contributed by atoms with Crippen LogP contribution in [0.2, 0.25) is 0 Å². The van der Waals surface area contributed by atoms with Gasteiger partial charge in [-0.05, 0) is 69.4 Å². The number of benzene rings is 1. The van der Waals surface area contributed by atoms with E-state index in [1.54, 1.807) is 71.1 Å². The molecule has 1 aromatic carbocycles. The van der Waals surface area contributed by atoms with Gasteiger partial charge in [-0.2, -0.15) is 5.01 Å². The van der Waals surface area contributed by atoms with Gasteiger partial charge in [0, 0.05) is 12.7 Å². The third-order valence-corrected chi connectivity index (χ3v) is 6.48. The minimum absolute atomic E-state index is 0.177. The first-order valence-electron chi connectivity index (χ1n) is 14.5. The fourth-order valence-electron chi connectivity index (χ4n) is 4.13. The number of pyridine rings is 1. The zero-order valence-electron chi connectivity index (χ0n) is 25.9. The molecule has 0 aliphatic carbocycles. The van der Waals surface area contributed by atoms with E-state index in [0.717, 1.165) is 5.56 Å². The molecule has 2 aromatic heterocycles. The largest absolute Gasteiger partial charge is 0.466 e. The summed E-state index contributed by atoms with van der Waals surface area (Å²) >= 11 is 0. The van der Waals surface area contributed by atoms with E-state index in [1.807, 2.05) is 30.3 Å². The van der Waals surface area contributed by atoms with E-state index in [-0.39, 0.29) is 31.3 Å². The number of amides is 3. The van der Waals surface area contributed by atoms with Crippen molar-refractivity contribution in [1.82, 2.24) is 20.3 Å². The number of hydrazine groups is 1. The number of hydrogen-bond acceptors (Lipinski definition) is 10. The number of aryl methyl sites for hydroxylation is 1. The summed E-state index contributed by atoms with van der Waals surface area (Å²) in [5.74, 6) is -0.603. The van der Waals surface area contributed by atoms with Crippen molar-refractivity contribution in [2.24, 2.45) is 11.7 Å². The first-order chi connectivity index (χ1) is 20.9. The number of carbonyl (C=O) groups excluding carboxylic acids is 3. The molecule has 0 spiro atoms. The Kier molecular flexibility index (Phi) is 12.4. The second-order valence-corrected chi connectivity index (χ2v) is 11.7. The van der Waals surface area contributed by atoms with Gasteiger partial charge in [0.1, 0.15) is 18.0 Å². The molecule has 12 heteroatoms. The lowest BCUT2D eigenvalue weighted by atomic mass is 10.0. The predicted octanol–water partition coefficient (Wildman–Crippen LogP) is 4.56. The summed E-state index contributed by atoms with van der Waals surface area (Å²) in [5.41, 5.74) is 6.59. The molecule has 238 valence electrons. The second kappa shape index (κ2) is 16.0. The van der Waals surface area contributed by atoms with Crippen LogP contribution in [0.1, 0.15) is 64.2 Å². The Bertz CT molecular complexity index is 1310. The standard InChI is InChI=1S/C32H43N5O7/c1-22(2)27(33)29(39)35-28(26-15-11-19-42-26)36(20-25(38)17-16-23-12-7-6-8-13-23)37(31(41)44-32(3,4)5)30(40)43-21-24-14-9-10-18-34-24/h6-15,18-19,22,25,27-28,38H,16-17,20-21,33H2,1-5H3,(H,35,39)/t25-,27?,28?/m0/s1. The first kappa shape index (κ1) is 34.2. The predicted molar refractivity (Wildman–Crippen MR) is 162 cm³/mol. The number of ether oxygens (including phenoxy) is 2. The molecule has 0 radical (unpaired) electrons. The molecule has 0 bridgehead atoms. The maximum Gasteiger partial charge on any atom is 0.435 e. The van der Waals surface area contributed by atoms with Gasteiger partial charge in [0.05, 0.1) is 24.1 Å². The highest BCUT2D eigenvalue weighted by atomic mass is 16.6. The number of aliphatic hydroxyl groups excluding tert-OH is 1. The van der Waals surface area contributed by atoms with Crippen LogP contribution in [0.25, 0.3) is 0 Å². The lowest BCUT2D eigenvalue weighted by Gasteiger charge is -2.39. The number of carbonyl (C=O) groups is 3. The van der Waals surface area contributed by atoms with Gasteiger partial charge < -0.3 is 30.0 Å². The van der Waals surface area contributed by atoms with Gasteiger partial charge >= 0.3 is 12.2 Å². The molecular weight excluding hydrogens is 566 g/mol. The van der Waals surface area contributed by atoms with Crippen molar-refractivity contribution in [3.63, 3.8) is 0 Å². The van der Waals surface area contributed by atoms with E-state index in [4.69, 9.17) is 19.6 Å². The Labute approximate surface area is 258 Å². The molecule has 0 saturated carbocycles. The number of nitrogens with zero attached hydrogens (tertiary/aromatic N) is 3. The monoisotopic (exact) mass is 609 g/mol. The molecule has 3 amide bonds. The molecule has 2 unspecified atom stereocenters. The number of imide groups is 1. The van der Waals surface area contributed by atoms with E-state index >= 15 is 0 Å². The second-order valence-electron chi connectivity index (χ2n) is 11.7. The Hall–Kier alpha value is -4.26. The van der Waals surface area contributed by atoms with E-state index in [2.05, 4.69) is 10.3 Å². The van der Waals surface area contributed by atoms with Crippen molar-refractivity contribution >= 4 is 18.1 Å². The van der Waals surface area contributed by atoms with E-state index in [9.17, 15) is 19.5 Å². The quantitative estimate of drug-likeness (QED) is 0.185. The topological polar surface area (TPSA) is 160 Å². The summed E-state index contributed by atoms with van der Waals surface area (Å²) in [6.07, 6.45) is -0.807. The number of rotatable bonds is 13. The maximum atomic E-state index is 13.7. The molecule has 12 nitrogen and oxygen atoms in total. The molecule has 2 heterocycles. The van der Waals surface area contributed by atoms with Crippen molar-refractivity contribution < 1.29 is 33.4 Å². The molecule has 44 heavy (non-hydrogen) atoms. The van der Waals surface area contributed by atoms with Gasteiger partial charge in [-0.15, -0.1) is 5.01 Å². The molecule has 0 aliphatic rings. The average molecular weight is 610 g/mol. The maximum absolute atomic E-state index is 13.7. The van der Waals surface area contributed by atoms with Crippen LogP contribution in [0.4, 0.5) is 9.59 Å². The number of hydrogen-bond donors (Lipinski definition) is 3. The van der Waals surface area contributed by atoms with Crippen LogP contribution >= 0.6 is 0 Å². The molecule has 0 aliphatic heterocycles. The number of nitrogens with one attached hydrogen (secondary N) is 1. The van der Waals surface area contributed by atoms with Crippen LogP contribution in [0.15, 0.2) is 77.5 Å². The number of aromatic nitrogens is 1. The highest BCUT2D eigenvalue weighted by Gasteiger charge is 2.41. The summed E-state index contributed by atoms with van der Waals surface area (Å²) in [6.45, 7) is 7.98.